The Labute approximate surface area is 94.7 Å². The summed E-state index contributed by atoms with van der Waals surface area (Å²) in [4.78, 5) is 11.3. The van der Waals surface area contributed by atoms with E-state index in [1.165, 1.54) is 0 Å². The second-order valence-corrected chi connectivity index (χ2v) is 4.40. The molecule has 3 heteroatoms. The maximum Gasteiger partial charge on any atom is 0.367 e. The molecule has 1 aromatic carbocycles. The molecule has 0 saturated carbocycles. The molecule has 0 amide bonds. The smallest absolute Gasteiger partial charge is 0.367 e. The largest absolute Gasteiger partial charge is 0.455 e. The Kier molecular flexibility index (Phi) is 3.82. The summed E-state index contributed by atoms with van der Waals surface area (Å²) in [6.07, 6.45) is 1.16. The molecule has 0 atom stereocenters. The highest BCUT2D eigenvalue weighted by atomic mass is 19.1. The minimum absolute atomic E-state index is 0.630. The molecule has 0 bridgehead atoms. The van der Waals surface area contributed by atoms with Gasteiger partial charge in [0.05, 0.1) is 0 Å². The second-order valence-electron chi connectivity index (χ2n) is 4.40. The van der Waals surface area contributed by atoms with Crippen LogP contribution in [0.1, 0.15) is 26.3 Å². The Morgan fingerprint density at radius 3 is 2.31 bits per heavy atom. The van der Waals surface area contributed by atoms with Crippen molar-refractivity contribution >= 4 is 12.0 Å². The number of benzene rings is 1. The summed E-state index contributed by atoms with van der Waals surface area (Å²) in [5, 5.41) is 0. The van der Waals surface area contributed by atoms with E-state index in [0.717, 1.165) is 6.08 Å². The maximum atomic E-state index is 13.4. The standard InChI is InChI=1S/C13H15FO2/c1-13(2,3)16-12(15)11(14)9-10-7-5-4-6-8-10/h4-9H,1-3H3. The van der Waals surface area contributed by atoms with Crippen molar-refractivity contribution in [2.45, 2.75) is 26.4 Å². The molecule has 0 aliphatic heterocycles. The molecule has 0 N–H and O–H groups in total. The van der Waals surface area contributed by atoms with E-state index in [-0.39, 0.29) is 0 Å². The van der Waals surface area contributed by atoms with Crippen molar-refractivity contribution < 1.29 is 13.9 Å². The van der Waals surface area contributed by atoms with Crippen molar-refractivity contribution in [3.8, 4) is 0 Å². The van der Waals surface area contributed by atoms with Crippen molar-refractivity contribution in [2.75, 3.05) is 0 Å². The molecule has 0 aromatic heterocycles. The van der Waals surface area contributed by atoms with Crippen LogP contribution in [0.2, 0.25) is 0 Å². The van der Waals surface area contributed by atoms with Crippen LogP contribution in [-0.4, -0.2) is 11.6 Å². The van der Waals surface area contributed by atoms with Gasteiger partial charge in [0.25, 0.3) is 0 Å². The third kappa shape index (κ3) is 4.26. The Hall–Kier alpha value is -1.64. The van der Waals surface area contributed by atoms with Crippen molar-refractivity contribution in [3.05, 3.63) is 41.7 Å². The molecule has 86 valence electrons. The lowest BCUT2D eigenvalue weighted by Gasteiger charge is -2.18. The van der Waals surface area contributed by atoms with Gasteiger partial charge in [-0.3, -0.25) is 0 Å². The quantitative estimate of drug-likeness (QED) is 0.566. The van der Waals surface area contributed by atoms with Gasteiger partial charge in [-0.15, -0.1) is 0 Å². The fourth-order valence-electron chi connectivity index (χ4n) is 1.08. The van der Waals surface area contributed by atoms with E-state index in [0.29, 0.717) is 5.56 Å². The van der Waals surface area contributed by atoms with Crippen LogP contribution in [0.25, 0.3) is 6.08 Å². The second kappa shape index (κ2) is 4.92. The topological polar surface area (TPSA) is 26.3 Å². The van der Waals surface area contributed by atoms with Gasteiger partial charge in [0, 0.05) is 0 Å². The first-order valence-electron chi connectivity index (χ1n) is 5.04. The number of carbonyl (C=O) groups is 1. The normalized spacial score (nSPS) is 12.4. The minimum atomic E-state index is -0.934. The first-order chi connectivity index (χ1) is 7.38. The van der Waals surface area contributed by atoms with Crippen LogP contribution in [0.4, 0.5) is 4.39 Å². The number of ether oxygens (including phenoxy) is 1. The average molecular weight is 222 g/mol. The van der Waals surface area contributed by atoms with Crippen molar-refractivity contribution in [1.29, 1.82) is 0 Å². The first-order valence-corrected chi connectivity index (χ1v) is 5.04. The van der Waals surface area contributed by atoms with Crippen LogP contribution in [0.5, 0.6) is 0 Å². The zero-order valence-corrected chi connectivity index (χ0v) is 9.66. The van der Waals surface area contributed by atoms with Crippen LogP contribution >= 0.6 is 0 Å². The lowest BCUT2D eigenvalue weighted by atomic mass is 10.2. The predicted octanol–water partition coefficient (Wildman–Crippen LogP) is 3.34. The fraction of sp³-hybridized carbons (Fsp3) is 0.308. The van der Waals surface area contributed by atoms with E-state index in [9.17, 15) is 9.18 Å². The molecule has 2 nitrogen and oxygen atoms in total. The van der Waals surface area contributed by atoms with Crippen molar-refractivity contribution in [3.63, 3.8) is 0 Å². The van der Waals surface area contributed by atoms with Gasteiger partial charge >= 0.3 is 5.97 Å². The summed E-state index contributed by atoms with van der Waals surface area (Å²) in [5.74, 6) is -1.82. The van der Waals surface area contributed by atoms with Gasteiger partial charge in [-0.2, -0.15) is 4.39 Å². The van der Waals surface area contributed by atoms with E-state index >= 15 is 0 Å². The summed E-state index contributed by atoms with van der Waals surface area (Å²) in [6, 6.07) is 8.79. The number of hydrogen-bond donors (Lipinski definition) is 0. The highest BCUT2D eigenvalue weighted by Gasteiger charge is 2.19. The molecule has 0 aliphatic rings. The van der Waals surface area contributed by atoms with E-state index in [1.54, 1.807) is 45.0 Å². The Balaban J connectivity index is 2.75. The van der Waals surface area contributed by atoms with Crippen LogP contribution in [0.3, 0.4) is 0 Å². The summed E-state index contributed by atoms with van der Waals surface area (Å²) >= 11 is 0. The van der Waals surface area contributed by atoms with Crippen molar-refractivity contribution in [1.82, 2.24) is 0 Å². The average Bonchev–Trinajstić information content (AvgIpc) is 2.16. The molecule has 0 spiro atoms. The summed E-state index contributed by atoms with van der Waals surface area (Å²) < 4.78 is 18.3. The van der Waals surface area contributed by atoms with E-state index < -0.39 is 17.4 Å². The first kappa shape index (κ1) is 12.4. The molecular formula is C13H15FO2. The van der Waals surface area contributed by atoms with Gasteiger partial charge in [-0.05, 0) is 32.4 Å². The number of hydrogen-bond acceptors (Lipinski definition) is 2. The Morgan fingerprint density at radius 2 is 1.81 bits per heavy atom. The highest BCUT2D eigenvalue weighted by molar-refractivity contribution is 5.91. The molecular weight excluding hydrogens is 207 g/mol. The molecule has 1 aromatic rings. The molecule has 0 aliphatic carbocycles. The zero-order valence-electron chi connectivity index (χ0n) is 9.66. The van der Waals surface area contributed by atoms with Gasteiger partial charge < -0.3 is 4.74 Å². The van der Waals surface area contributed by atoms with Gasteiger partial charge in [0.2, 0.25) is 5.83 Å². The van der Waals surface area contributed by atoms with Crippen LogP contribution in [0, 0.1) is 0 Å². The lowest BCUT2D eigenvalue weighted by molar-refractivity contribution is -0.151. The van der Waals surface area contributed by atoms with Crippen LogP contribution < -0.4 is 0 Å². The number of halogens is 1. The van der Waals surface area contributed by atoms with Crippen LogP contribution in [0.15, 0.2) is 36.2 Å². The summed E-state index contributed by atoms with van der Waals surface area (Å²) in [7, 11) is 0. The maximum absolute atomic E-state index is 13.4. The molecule has 1 rings (SSSR count). The third-order valence-electron chi connectivity index (χ3n) is 1.69. The van der Waals surface area contributed by atoms with Gasteiger partial charge in [0.15, 0.2) is 0 Å². The van der Waals surface area contributed by atoms with Gasteiger partial charge in [0.1, 0.15) is 5.60 Å². The molecule has 0 radical (unpaired) electrons. The van der Waals surface area contributed by atoms with Gasteiger partial charge in [-0.25, -0.2) is 4.79 Å². The summed E-state index contributed by atoms with van der Waals surface area (Å²) in [6.45, 7) is 5.09. The van der Waals surface area contributed by atoms with Crippen molar-refractivity contribution in [2.24, 2.45) is 0 Å². The molecule has 0 saturated heterocycles. The van der Waals surface area contributed by atoms with Gasteiger partial charge in [-0.1, -0.05) is 30.3 Å². The van der Waals surface area contributed by atoms with E-state index in [1.807, 2.05) is 6.07 Å². The molecule has 16 heavy (non-hydrogen) atoms. The molecule has 0 fully saturated rings. The lowest BCUT2D eigenvalue weighted by Crippen LogP contribution is -2.24. The monoisotopic (exact) mass is 222 g/mol. The third-order valence-corrected chi connectivity index (χ3v) is 1.69. The number of carbonyl (C=O) groups excluding carboxylic acids is 1. The molecule has 0 heterocycles. The van der Waals surface area contributed by atoms with Crippen LogP contribution in [-0.2, 0) is 9.53 Å². The zero-order chi connectivity index (χ0) is 12.2. The Bertz CT molecular complexity index is 388. The number of esters is 1. The Morgan fingerprint density at radius 1 is 1.25 bits per heavy atom. The minimum Gasteiger partial charge on any atom is -0.455 e. The highest BCUT2D eigenvalue weighted by Crippen LogP contribution is 2.14. The van der Waals surface area contributed by atoms with E-state index in [4.69, 9.17) is 4.74 Å². The SMILES string of the molecule is CC(C)(C)OC(=O)C(F)=Cc1ccccc1. The molecule has 0 unspecified atom stereocenters. The summed E-state index contributed by atoms with van der Waals surface area (Å²) in [5.41, 5.74) is -0.0512. The van der Waals surface area contributed by atoms with E-state index in [2.05, 4.69) is 0 Å². The predicted molar refractivity (Wildman–Crippen MR) is 61.4 cm³/mol. The number of rotatable bonds is 2. The fourth-order valence-corrected chi connectivity index (χ4v) is 1.08.